The van der Waals surface area contributed by atoms with Gasteiger partial charge in [0.25, 0.3) is 0 Å². The fourth-order valence-corrected chi connectivity index (χ4v) is 7.36. The molecule has 0 aliphatic carbocycles. The number of aliphatic hydroxyl groups excluding tert-OH is 3. The summed E-state index contributed by atoms with van der Waals surface area (Å²) in [5.41, 5.74) is 6.17. The Balaban J connectivity index is 2.71. The van der Waals surface area contributed by atoms with Crippen molar-refractivity contribution in [3.05, 3.63) is 0 Å². The van der Waals surface area contributed by atoms with Gasteiger partial charge in [-0.2, -0.15) is 0 Å². The predicted octanol–water partition coefficient (Wildman–Crippen LogP) is 8.29. The molecule has 6 atom stereocenters. The Labute approximate surface area is 313 Å². The van der Waals surface area contributed by atoms with Crippen molar-refractivity contribution in [3.63, 3.8) is 0 Å². The van der Waals surface area contributed by atoms with Gasteiger partial charge in [0.05, 0.1) is 12.6 Å². The minimum absolute atomic E-state index is 0.0880. The molecule has 1 aliphatic heterocycles. The highest BCUT2D eigenvalue weighted by Crippen LogP contribution is 2.26. The summed E-state index contributed by atoms with van der Waals surface area (Å²) in [5.74, 6) is -0.345. The molecule has 2 amide bonds. The maximum Gasteiger partial charge on any atom is 0.237 e. The number of nitrogens with two attached hydrogens (primary N) is 1. The fourth-order valence-electron chi connectivity index (χ4n) is 7.36. The minimum Gasteiger partial charge on any atom is -0.394 e. The third-order valence-corrected chi connectivity index (χ3v) is 10.6. The lowest BCUT2D eigenvalue weighted by atomic mass is 9.94. The third kappa shape index (κ3) is 21.9. The van der Waals surface area contributed by atoms with E-state index in [0.29, 0.717) is 19.4 Å². The molecule has 9 heteroatoms. The van der Waals surface area contributed by atoms with E-state index in [1.165, 1.54) is 122 Å². The maximum atomic E-state index is 13.8. The Morgan fingerprint density at radius 1 is 0.667 bits per heavy atom. The topological polar surface area (TPSA) is 145 Å². The van der Waals surface area contributed by atoms with Crippen molar-refractivity contribution < 1.29 is 29.6 Å². The minimum atomic E-state index is -1.43. The van der Waals surface area contributed by atoms with Gasteiger partial charge < -0.3 is 36.0 Å². The zero-order chi connectivity index (χ0) is 37.7. The van der Waals surface area contributed by atoms with E-state index in [4.69, 9.17) is 10.5 Å². The number of ether oxygens (including phenoxy) is 1. The number of amides is 2. The van der Waals surface area contributed by atoms with Crippen LogP contribution < -0.4 is 11.1 Å². The van der Waals surface area contributed by atoms with Crippen LogP contribution in [0.2, 0.25) is 0 Å². The lowest BCUT2D eigenvalue weighted by Gasteiger charge is -2.47. The van der Waals surface area contributed by atoms with Gasteiger partial charge in [-0.1, -0.05) is 175 Å². The van der Waals surface area contributed by atoms with Gasteiger partial charge in [0.2, 0.25) is 11.8 Å². The number of hydrogen-bond acceptors (Lipinski definition) is 7. The number of hydrogen-bond donors (Lipinski definition) is 5. The van der Waals surface area contributed by atoms with Crippen LogP contribution in [0.25, 0.3) is 0 Å². The van der Waals surface area contributed by atoms with Crippen molar-refractivity contribution in [2.45, 2.75) is 238 Å². The Morgan fingerprint density at radius 2 is 1.08 bits per heavy atom. The van der Waals surface area contributed by atoms with Crippen LogP contribution in [0.5, 0.6) is 0 Å². The lowest BCUT2D eigenvalue weighted by molar-refractivity contribution is -0.231. The summed E-state index contributed by atoms with van der Waals surface area (Å²) in [7, 11) is 0. The molecule has 1 saturated heterocycles. The van der Waals surface area contributed by atoms with Crippen LogP contribution in [0, 0.1) is 5.92 Å². The van der Waals surface area contributed by atoms with E-state index in [1.807, 2.05) is 13.8 Å². The molecular weight excluding hydrogens is 642 g/mol. The summed E-state index contributed by atoms with van der Waals surface area (Å²) in [6, 6.07) is -1.86. The second kappa shape index (κ2) is 31.1. The first-order chi connectivity index (χ1) is 24.7. The van der Waals surface area contributed by atoms with Gasteiger partial charge in [-0.05, 0) is 25.2 Å². The molecule has 0 saturated carbocycles. The summed E-state index contributed by atoms with van der Waals surface area (Å²) in [5, 5.41) is 34.7. The van der Waals surface area contributed by atoms with E-state index < -0.39 is 49.1 Å². The highest BCUT2D eigenvalue weighted by molar-refractivity contribution is 5.82. The van der Waals surface area contributed by atoms with Crippen molar-refractivity contribution in [2.75, 3.05) is 13.2 Å². The first kappa shape index (κ1) is 47.8. The van der Waals surface area contributed by atoms with Crippen molar-refractivity contribution in [1.82, 2.24) is 10.2 Å². The molecule has 6 N–H and O–H groups in total. The summed E-state index contributed by atoms with van der Waals surface area (Å²) >= 11 is 0. The molecule has 0 aromatic carbocycles. The van der Waals surface area contributed by atoms with Gasteiger partial charge in [-0.15, -0.1) is 0 Å². The number of nitrogens with zero attached hydrogens (tertiary/aromatic N) is 1. The molecule has 1 heterocycles. The van der Waals surface area contributed by atoms with Gasteiger partial charge in [-0.3, -0.25) is 9.59 Å². The van der Waals surface area contributed by atoms with Gasteiger partial charge in [0, 0.05) is 13.0 Å². The van der Waals surface area contributed by atoms with Crippen LogP contribution in [0.4, 0.5) is 0 Å². The van der Waals surface area contributed by atoms with E-state index in [1.54, 1.807) is 4.90 Å². The highest BCUT2D eigenvalue weighted by atomic mass is 16.5. The molecule has 0 spiro atoms. The standard InChI is InChI=1S/C42H83N3O6/c1-5-7-9-11-13-15-16-17-18-19-20-21-23-25-27-29-31-45(37(47)30-28-26-24-22-14-12-10-8-6-2)42-38(40(49)39(48)36(33-46)51-42)44-41(50)35(43)32-34(3)4/h34-36,38-40,42,46,48-49H,5-33,43H2,1-4H3,(H,44,50)/t35-,36+,38-,39+,40+,42-/m1/s1. The van der Waals surface area contributed by atoms with Crippen molar-refractivity contribution >= 4 is 11.8 Å². The zero-order valence-electron chi connectivity index (χ0n) is 33.6. The molecule has 51 heavy (non-hydrogen) atoms. The van der Waals surface area contributed by atoms with Crippen LogP contribution in [0.15, 0.2) is 0 Å². The molecule has 302 valence electrons. The number of nitrogens with one attached hydrogen (secondary N) is 1. The monoisotopic (exact) mass is 726 g/mol. The van der Waals surface area contributed by atoms with E-state index in [-0.39, 0.29) is 11.8 Å². The third-order valence-electron chi connectivity index (χ3n) is 10.6. The average Bonchev–Trinajstić information content (AvgIpc) is 3.11. The quantitative estimate of drug-likeness (QED) is 0.0428. The molecular formula is C42H83N3O6. The van der Waals surface area contributed by atoms with Crippen LogP contribution in [-0.2, 0) is 14.3 Å². The van der Waals surface area contributed by atoms with E-state index in [9.17, 15) is 24.9 Å². The number of rotatable bonds is 33. The Bertz CT molecular complexity index is 845. The normalized spacial score (nSPS) is 21.2. The molecule has 1 aliphatic rings. The molecule has 1 fully saturated rings. The molecule has 0 aromatic heterocycles. The van der Waals surface area contributed by atoms with E-state index >= 15 is 0 Å². The number of carbonyl (C=O) groups is 2. The van der Waals surface area contributed by atoms with Crippen LogP contribution in [-0.4, -0.2) is 81.8 Å². The van der Waals surface area contributed by atoms with E-state index in [0.717, 1.165) is 38.5 Å². The predicted molar refractivity (Wildman–Crippen MR) is 210 cm³/mol. The smallest absolute Gasteiger partial charge is 0.237 e. The molecule has 0 radical (unpaired) electrons. The first-order valence-electron chi connectivity index (χ1n) is 21.7. The SMILES string of the molecule is CCCCCCCCCCCCCCCCCCN(C(=O)CCCCCCCCCCC)[C@@H]1O[C@@H](CO)[C@H](O)[C@@H](O)[C@H]1NC(=O)[C@H](N)CC(C)C. The van der Waals surface area contributed by atoms with Crippen LogP contribution in [0.1, 0.15) is 201 Å². The van der Waals surface area contributed by atoms with Gasteiger partial charge in [0.1, 0.15) is 24.4 Å². The van der Waals surface area contributed by atoms with Crippen LogP contribution >= 0.6 is 0 Å². The fraction of sp³-hybridized carbons (Fsp3) is 0.952. The van der Waals surface area contributed by atoms with Crippen molar-refractivity contribution in [2.24, 2.45) is 11.7 Å². The molecule has 0 unspecified atom stereocenters. The first-order valence-corrected chi connectivity index (χ1v) is 21.7. The average molecular weight is 726 g/mol. The van der Waals surface area contributed by atoms with Gasteiger partial charge in [0.15, 0.2) is 6.23 Å². The van der Waals surface area contributed by atoms with Crippen molar-refractivity contribution in [1.29, 1.82) is 0 Å². The largest absolute Gasteiger partial charge is 0.394 e. The molecule has 9 nitrogen and oxygen atoms in total. The summed E-state index contributed by atoms with van der Waals surface area (Å²) < 4.78 is 6.14. The Kier molecular flexibility index (Phi) is 29.1. The lowest BCUT2D eigenvalue weighted by Crippen LogP contribution is -2.69. The van der Waals surface area contributed by atoms with Crippen LogP contribution in [0.3, 0.4) is 0 Å². The second-order valence-corrected chi connectivity index (χ2v) is 16.0. The number of unbranched alkanes of at least 4 members (excludes halogenated alkanes) is 23. The summed E-state index contributed by atoms with van der Waals surface area (Å²) in [6.45, 7) is 8.36. The van der Waals surface area contributed by atoms with Gasteiger partial charge in [-0.25, -0.2) is 0 Å². The molecule has 0 aromatic rings. The number of aliphatic hydroxyl groups is 3. The van der Waals surface area contributed by atoms with E-state index in [2.05, 4.69) is 19.2 Å². The zero-order valence-corrected chi connectivity index (χ0v) is 33.6. The van der Waals surface area contributed by atoms with Crippen molar-refractivity contribution in [3.8, 4) is 0 Å². The summed E-state index contributed by atoms with van der Waals surface area (Å²) in [4.78, 5) is 28.6. The molecule has 1 rings (SSSR count). The maximum absolute atomic E-state index is 13.8. The summed E-state index contributed by atoms with van der Waals surface area (Å²) in [6.07, 6.45) is 26.4. The molecule has 0 bridgehead atoms. The Morgan fingerprint density at radius 3 is 1.49 bits per heavy atom. The Hall–Kier alpha value is -1.26. The second-order valence-electron chi connectivity index (χ2n) is 16.0. The number of carbonyl (C=O) groups excluding carboxylic acids is 2. The van der Waals surface area contributed by atoms with Gasteiger partial charge >= 0.3 is 0 Å². The highest BCUT2D eigenvalue weighted by Gasteiger charge is 2.48.